The van der Waals surface area contributed by atoms with Gasteiger partial charge in [-0.15, -0.1) is 0 Å². The Kier molecular flexibility index (Phi) is 4.47. The fraction of sp³-hybridized carbons (Fsp3) is 0.130. The number of carbonyl (C=O) groups is 1. The first-order valence-electron chi connectivity index (χ1n) is 8.99. The van der Waals surface area contributed by atoms with Crippen molar-refractivity contribution in [3.63, 3.8) is 0 Å². The van der Waals surface area contributed by atoms with E-state index in [2.05, 4.69) is 23.5 Å². The van der Waals surface area contributed by atoms with Crippen LogP contribution in [0.15, 0.2) is 66.7 Å². The zero-order chi connectivity index (χ0) is 18.8. The molecule has 4 heteroatoms. The largest absolute Gasteiger partial charge is 0.494 e. The summed E-state index contributed by atoms with van der Waals surface area (Å²) in [6.45, 7) is 4.47. The quantitative estimate of drug-likeness (QED) is 0.502. The van der Waals surface area contributed by atoms with E-state index in [1.54, 1.807) is 12.1 Å². The molecule has 134 valence electrons. The molecule has 1 N–H and O–H groups in total. The number of aryl methyl sites for hydroxylation is 1. The topological polar surface area (TPSA) is 51.2 Å². The Hall–Kier alpha value is -3.40. The van der Waals surface area contributed by atoms with Crippen molar-refractivity contribution in [2.45, 2.75) is 13.8 Å². The van der Waals surface area contributed by atoms with E-state index in [4.69, 9.17) is 9.72 Å². The molecule has 1 heterocycles. The van der Waals surface area contributed by atoms with Crippen molar-refractivity contribution in [1.29, 1.82) is 0 Å². The Labute approximate surface area is 157 Å². The molecule has 0 unspecified atom stereocenters. The number of rotatable bonds is 4. The fourth-order valence-electron chi connectivity index (χ4n) is 3.26. The van der Waals surface area contributed by atoms with Crippen LogP contribution in [0.25, 0.3) is 21.7 Å². The Balaban J connectivity index is 1.73. The second kappa shape index (κ2) is 7.08. The summed E-state index contributed by atoms with van der Waals surface area (Å²) in [5, 5.41) is 6.18. The molecule has 0 radical (unpaired) electrons. The van der Waals surface area contributed by atoms with Crippen molar-refractivity contribution in [3.8, 4) is 5.75 Å². The number of aromatic nitrogens is 1. The highest BCUT2D eigenvalue weighted by molar-refractivity contribution is 6.13. The van der Waals surface area contributed by atoms with E-state index < -0.39 is 0 Å². The molecule has 4 rings (SSSR count). The number of nitrogens with zero attached hydrogens (tertiary/aromatic N) is 1. The predicted octanol–water partition coefficient (Wildman–Crippen LogP) is 5.35. The third kappa shape index (κ3) is 3.34. The first-order valence-corrected chi connectivity index (χ1v) is 8.99. The normalized spacial score (nSPS) is 10.9. The number of carbonyl (C=O) groups excluding carboxylic acids is 1. The molecule has 0 spiro atoms. The number of nitrogens with one attached hydrogen (secondary N) is 1. The Morgan fingerprint density at radius 3 is 2.56 bits per heavy atom. The van der Waals surface area contributed by atoms with Crippen molar-refractivity contribution >= 4 is 33.3 Å². The van der Waals surface area contributed by atoms with Gasteiger partial charge in [0.1, 0.15) is 5.75 Å². The molecule has 1 aromatic heterocycles. The van der Waals surface area contributed by atoms with Crippen LogP contribution in [0.5, 0.6) is 5.75 Å². The lowest BCUT2D eigenvalue weighted by Gasteiger charge is -2.12. The predicted molar refractivity (Wildman–Crippen MR) is 110 cm³/mol. The molecule has 0 saturated carbocycles. The molecule has 0 aliphatic rings. The maximum absolute atomic E-state index is 12.7. The van der Waals surface area contributed by atoms with Gasteiger partial charge in [0.25, 0.3) is 5.91 Å². The van der Waals surface area contributed by atoms with E-state index in [0.29, 0.717) is 12.2 Å². The molecule has 27 heavy (non-hydrogen) atoms. The molecule has 1 amide bonds. The third-order valence-electron chi connectivity index (χ3n) is 4.51. The van der Waals surface area contributed by atoms with E-state index in [9.17, 15) is 4.79 Å². The lowest BCUT2D eigenvalue weighted by atomic mass is 10.0. The van der Waals surface area contributed by atoms with Crippen LogP contribution in [0, 0.1) is 6.92 Å². The zero-order valence-corrected chi connectivity index (χ0v) is 15.3. The number of fused-ring (bicyclic) bond motifs is 3. The number of ether oxygens (including phenoxy) is 1. The van der Waals surface area contributed by atoms with E-state index in [1.807, 2.05) is 50.2 Å². The Morgan fingerprint density at radius 2 is 1.78 bits per heavy atom. The number of pyridine rings is 1. The summed E-state index contributed by atoms with van der Waals surface area (Å²) < 4.78 is 5.43. The second-order valence-corrected chi connectivity index (χ2v) is 6.41. The van der Waals surface area contributed by atoms with Gasteiger partial charge in [-0.1, -0.05) is 36.4 Å². The summed E-state index contributed by atoms with van der Waals surface area (Å²) in [7, 11) is 0. The lowest BCUT2D eigenvalue weighted by Crippen LogP contribution is -2.12. The molecule has 0 aliphatic carbocycles. The molecule has 0 bridgehead atoms. The average molecular weight is 356 g/mol. The van der Waals surface area contributed by atoms with E-state index in [1.165, 1.54) is 0 Å². The smallest absolute Gasteiger partial charge is 0.255 e. The zero-order valence-electron chi connectivity index (χ0n) is 15.3. The summed E-state index contributed by atoms with van der Waals surface area (Å²) >= 11 is 0. The van der Waals surface area contributed by atoms with Crippen LogP contribution >= 0.6 is 0 Å². The van der Waals surface area contributed by atoms with E-state index >= 15 is 0 Å². The first-order chi connectivity index (χ1) is 13.2. The molecule has 4 nitrogen and oxygen atoms in total. The number of anilines is 1. The van der Waals surface area contributed by atoms with Gasteiger partial charge in [0.2, 0.25) is 0 Å². The van der Waals surface area contributed by atoms with Crippen LogP contribution in [0.3, 0.4) is 0 Å². The molecule has 0 aliphatic heterocycles. The van der Waals surface area contributed by atoms with Gasteiger partial charge >= 0.3 is 0 Å². The molecule has 0 fully saturated rings. The minimum Gasteiger partial charge on any atom is -0.494 e. The average Bonchev–Trinajstić information content (AvgIpc) is 2.68. The van der Waals surface area contributed by atoms with Crippen LogP contribution in [-0.4, -0.2) is 17.5 Å². The maximum Gasteiger partial charge on any atom is 0.255 e. The summed E-state index contributed by atoms with van der Waals surface area (Å²) in [6, 6.07) is 21.3. The van der Waals surface area contributed by atoms with Crippen molar-refractivity contribution in [2.24, 2.45) is 0 Å². The highest BCUT2D eigenvalue weighted by atomic mass is 16.5. The van der Waals surface area contributed by atoms with Gasteiger partial charge in [-0.3, -0.25) is 9.78 Å². The van der Waals surface area contributed by atoms with Gasteiger partial charge in [0, 0.05) is 22.0 Å². The monoisotopic (exact) mass is 356 g/mol. The molecular formula is C23H20N2O2. The van der Waals surface area contributed by atoms with Gasteiger partial charge in [0.15, 0.2) is 0 Å². The molecular weight excluding hydrogens is 336 g/mol. The van der Waals surface area contributed by atoms with Gasteiger partial charge in [-0.2, -0.15) is 0 Å². The first kappa shape index (κ1) is 17.0. The van der Waals surface area contributed by atoms with Gasteiger partial charge in [0.05, 0.1) is 17.8 Å². The molecule has 0 saturated heterocycles. The van der Waals surface area contributed by atoms with Crippen LogP contribution in [-0.2, 0) is 0 Å². The summed E-state index contributed by atoms with van der Waals surface area (Å²) in [4.78, 5) is 17.4. The highest BCUT2D eigenvalue weighted by Gasteiger charge is 2.12. The van der Waals surface area contributed by atoms with Crippen molar-refractivity contribution in [2.75, 3.05) is 11.9 Å². The van der Waals surface area contributed by atoms with Crippen LogP contribution in [0.1, 0.15) is 23.0 Å². The standard InChI is InChI=1S/C23H20N2O2/c1-3-27-18-11-8-17(9-12-18)23(26)25-21-14-15(2)24-22-19-7-5-4-6-16(19)10-13-20(21)22/h4-14H,3H2,1-2H3,(H,24,25,26). The minimum atomic E-state index is -0.155. The maximum atomic E-state index is 12.7. The summed E-state index contributed by atoms with van der Waals surface area (Å²) in [5.41, 5.74) is 3.11. The highest BCUT2D eigenvalue weighted by Crippen LogP contribution is 2.30. The van der Waals surface area contributed by atoms with Crippen molar-refractivity contribution in [1.82, 2.24) is 4.98 Å². The molecule has 4 aromatic rings. The number of benzene rings is 3. The second-order valence-electron chi connectivity index (χ2n) is 6.41. The van der Waals surface area contributed by atoms with E-state index in [-0.39, 0.29) is 5.91 Å². The molecule has 3 aromatic carbocycles. The Morgan fingerprint density at radius 1 is 1.00 bits per heavy atom. The van der Waals surface area contributed by atoms with Gasteiger partial charge in [-0.05, 0) is 49.6 Å². The molecule has 0 atom stereocenters. The SMILES string of the molecule is CCOc1ccc(C(=O)Nc2cc(C)nc3c2ccc2ccccc23)cc1. The van der Waals surface area contributed by atoms with Crippen LogP contribution in [0.2, 0.25) is 0 Å². The van der Waals surface area contributed by atoms with Crippen molar-refractivity contribution < 1.29 is 9.53 Å². The minimum absolute atomic E-state index is 0.155. The number of amides is 1. The third-order valence-corrected chi connectivity index (χ3v) is 4.51. The van der Waals surface area contributed by atoms with E-state index in [0.717, 1.165) is 38.8 Å². The van der Waals surface area contributed by atoms with Crippen LogP contribution < -0.4 is 10.1 Å². The van der Waals surface area contributed by atoms with Crippen molar-refractivity contribution in [3.05, 3.63) is 78.0 Å². The summed E-state index contributed by atoms with van der Waals surface area (Å²) in [6.07, 6.45) is 0. The summed E-state index contributed by atoms with van der Waals surface area (Å²) in [5.74, 6) is 0.601. The lowest BCUT2D eigenvalue weighted by molar-refractivity contribution is 0.102. The number of hydrogen-bond donors (Lipinski definition) is 1. The Bertz CT molecular complexity index is 1130. The number of hydrogen-bond acceptors (Lipinski definition) is 3. The van der Waals surface area contributed by atoms with Crippen LogP contribution in [0.4, 0.5) is 5.69 Å². The van der Waals surface area contributed by atoms with Gasteiger partial charge in [-0.25, -0.2) is 0 Å². The van der Waals surface area contributed by atoms with Gasteiger partial charge < -0.3 is 10.1 Å². The fourth-order valence-corrected chi connectivity index (χ4v) is 3.26.